The van der Waals surface area contributed by atoms with Crippen LogP contribution in [0.1, 0.15) is 25.8 Å². The van der Waals surface area contributed by atoms with Gasteiger partial charge in [0, 0.05) is 25.0 Å². The predicted molar refractivity (Wildman–Crippen MR) is 62.3 cm³/mol. The van der Waals surface area contributed by atoms with Crippen LogP contribution >= 0.6 is 0 Å². The van der Waals surface area contributed by atoms with Crippen molar-refractivity contribution >= 4 is 6.08 Å². The van der Waals surface area contributed by atoms with Gasteiger partial charge in [-0.15, -0.1) is 0 Å². The van der Waals surface area contributed by atoms with Gasteiger partial charge in [-0.25, -0.2) is 0 Å². The van der Waals surface area contributed by atoms with E-state index < -0.39 is 0 Å². The van der Waals surface area contributed by atoms with E-state index in [0.29, 0.717) is 6.04 Å². The standard InChI is InChI=1S/C12H20N2/c1-4-8-14-9-7-12(10-14)6-5-11(2)13-3/h5-7,9-11,13H,4,8H2,1-3H3/b6-5+. The van der Waals surface area contributed by atoms with Crippen LogP contribution in [0.3, 0.4) is 0 Å². The van der Waals surface area contributed by atoms with Crippen molar-refractivity contribution in [3.63, 3.8) is 0 Å². The summed E-state index contributed by atoms with van der Waals surface area (Å²) in [7, 11) is 1.97. The summed E-state index contributed by atoms with van der Waals surface area (Å²) in [6, 6.07) is 2.58. The quantitative estimate of drug-likeness (QED) is 0.758. The zero-order valence-corrected chi connectivity index (χ0v) is 9.33. The Morgan fingerprint density at radius 1 is 1.57 bits per heavy atom. The summed E-state index contributed by atoms with van der Waals surface area (Å²) in [5, 5.41) is 3.17. The Balaban J connectivity index is 2.54. The highest BCUT2D eigenvalue weighted by Crippen LogP contribution is 2.05. The molecule has 0 fully saturated rings. The van der Waals surface area contributed by atoms with Gasteiger partial charge in [0.2, 0.25) is 0 Å². The van der Waals surface area contributed by atoms with Crippen molar-refractivity contribution in [2.24, 2.45) is 0 Å². The maximum absolute atomic E-state index is 3.17. The largest absolute Gasteiger partial charge is 0.354 e. The summed E-state index contributed by atoms with van der Waals surface area (Å²) < 4.78 is 2.23. The van der Waals surface area contributed by atoms with Crippen LogP contribution in [0.15, 0.2) is 24.5 Å². The fourth-order valence-corrected chi connectivity index (χ4v) is 1.31. The minimum Gasteiger partial charge on any atom is -0.354 e. The summed E-state index contributed by atoms with van der Waals surface area (Å²) in [6.45, 7) is 5.44. The lowest BCUT2D eigenvalue weighted by Gasteiger charge is -2.01. The molecule has 2 nitrogen and oxygen atoms in total. The monoisotopic (exact) mass is 192 g/mol. The van der Waals surface area contributed by atoms with Crippen LogP contribution < -0.4 is 5.32 Å². The molecule has 0 saturated carbocycles. The molecule has 0 radical (unpaired) electrons. The second kappa shape index (κ2) is 5.66. The van der Waals surface area contributed by atoms with Crippen LogP contribution in [-0.4, -0.2) is 17.7 Å². The normalized spacial score (nSPS) is 13.6. The van der Waals surface area contributed by atoms with Crippen LogP contribution in [0.25, 0.3) is 6.08 Å². The maximum Gasteiger partial charge on any atom is 0.0221 e. The second-order valence-electron chi connectivity index (χ2n) is 3.62. The Hall–Kier alpha value is -1.02. The molecular weight excluding hydrogens is 172 g/mol. The highest BCUT2D eigenvalue weighted by Gasteiger charge is 1.93. The molecule has 1 heterocycles. The van der Waals surface area contributed by atoms with Crippen molar-refractivity contribution in [1.82, 2.24) is 9.88 Å². The average molecular weight is 192 g/mol. The maximum atomic E-state index is 3.17. The molecule has 0 saturated heterocycles. The zero-order valence-electron chi connectivity index (χ0n) is 9.33. The van der Waals surface area contributed by atoms with Crippen LogP contribution in [0, 0.1) is 0 Å². The SMILES string of the molecule is CCCn1ccc(/C=C/C(C)NC)c1. The number of rotatable bonds is 5. The van der Waals surface area contributed by atoms with Gasteiger partial charge in [-0.2, -0.15) is 0 Å². The molecular formula is C12H20N2. The average Bonchev–Trinajstić information content (AvgIpc) is 2.63. The van der Waals surface area contributed by atoms with Gasteiger partial charge in [-0.1, -0.05) is 19.1 Å². The van der Waals surface area contributed by atoms with Gasteiger partial charge >= 0.3 is 0 Å². The van der Waals surface area contributed by atoms with Crippen molar-refractivity contribution in [3.8, 4) is 0 Å². The first-order chi connectivity index (χ1) is 6.76. The van der Waals surface area contributed by atoms with E-state index in [2.05, 4.69) is 54.3 Å². The third-order valence-electron chi connectivity index (χ3n) is 2.29. The first-order valence-electron chi connectivity index (χ1n) is 5.27. The Morgan fingerprint density at radius 3 is 3.00 bits per heavy atom. The minimum absolute atomic E-state index is 0.435. The molecule has 0 aliphatic rings. The fraction of sp³-hybridized carbons (Fsp3) is 0.500. The topological polar surface area (TPSA) is 17.0 Å². The Labute approximate surface area is 86.6 Å². The van der Waals surface area contributed by atoms with E-state index >= 15 is 0 Å². The molecule has 0 spiro atoms. The number of hydrogen-bond donors (Lipinski definition) is 1. The van der Waals surface area contributed by atoms with E-state index in [-0.39, 0.29) is 0 Å². The third kappa shape index (κ3) is 3.38. The molecule has 14 heavy (non-hydrogen) atoms. The summed E-state index contributed by atoms with van der Waals surface area (Å²) in [6.07, 6.45) is 9.83. The van der Waals surface area contributed by atoms with E-state index in [1.807, 2.05) is 7.05 Å². The molecule has 0 bridgehead atoms. The second-order valence-corrected chi connectivity index (χ2v) is 3.62. The van der Waals surface area contributed by atoms with Crippen LogP contribution in [0.4, 0.5) is 0 Å². The molecule has 2 heteroatoms. The summed E-state index contributed by atoms with van der Waals surface area (Å²) >= 11 is 0. The Kier molecular flexibility index (Phi) is 4.47. The van der Waals surface area contributed by atoms with Gasteiger partial charge < -0.3 is 9.88 Å². The highest BCUT2D eigenvalue weighted by atomic mass is 14.9. The smallest absolute Gasteiger partial charge is 0.0221 e. The lowest BCUT2D eigenvalue weighted by molar-refractivity contribution is 0.683. The van der Waals surface area contributed by atoms with E-state index in [1.54, 1.807) is 0 Å². The number of likely N-dealkylation sites (N-methyl/N-ethyl adjacent to an activating group) is 1. The van der Waals surface area contributed by atoms with Gasteiger partial charge in [0.1, 0.15) is 0 Å². The number of hydrogen-bond acceptors (Lipinski definition) is 1. The summed E-state index contributed by atoms with van der Waals surface area (Å²) in [5.74, 6) is 0. The molecule has 1 unspecified atom stereocenters. The molecule has 0 aliphatic carbocycles. The minimum atomic E-state index is 0.435. The van der Waals surface area contributed by atoms with E-state index in [4.69, 9.17) is 0 Å². The first-order valence-corrected chi connectivity index (χ1v) is 5.27. The van der Waals surface area contributed by atoms with Crippen molar-refractivity contribution in [2.45, 2.75) is 32.9 Å². The van der Waals surface area contributed by atoms with Gasteiger partial charge in [-0.3, -0.25) is 0 Å². The summed E-state index contributed by atoms with van der Waals surface area (Å²) in [5.41, 5.74) is 1.28. The van der Waals surface area contributed by atoms with Crippen LogP contribution in [0.5, 0.6) is 0 Å². The number of nitrogens with one attached hydrogen (secondary N) is 1. The van der Waals surface area contributed by atoms with E-state index in [9.17, 15) is 0 Å². The van der Waals surface area contributed by atoms with Gasteiger partial charge in [0.25, 0.3) is 0 Å². The highest BCUT2D eigenvalue weighted by molar-refractivity contribution is 5.48. The molecule has 1 aromatic rings. The Bertz CT molecular complexity index is 286. The first kappa shape index (κ1) is 11.1. The van der Waals surface area contributed by atoms with E-state index in [0.717, 1.165) is 6.54 Å². The molecule has 1 aromatic heterocycles. The molecule has 1 N–H and O–H groups in total. The molecule has 1 atom stereocenters. The third-order valence-corrected chi connectivity index (χ3v) is 2.29. The molecule has 1 rings (SSSR count). The van der Waals surface area contributed by atoms with Gasteiger partial charge in [0.05, 0.1) is 0 Å². The van der Waals surface area contributed by atoms with Crippen molar-refractivity contribution < 1.29 is 0 Å². The van der Waals surface area contributed by atoms with E-state index in [1.165, 1.54) is 12.0 Å². The summed E-state index contributed by atoms with van der Waals surface area (Å²) in [4.78, 5) is 0. The number of nitrogens with zero attached hydrogens (tertiary/aromatic N) is 1. The molecule has 0 aliphatic heterocycles. The van der Waals surface area contributed by atoms with Crippen LogP contribution in [-0.2, 0) is 6.54 Å². The molecule has 0 amide bonds. The zero-order chi connectivity index (χ0) is 10.4. The Morgan fingerprint density at radius 2 is 2.36 bits per heavy atom. The fourth-order valence-electron chi connectivity index (χ4n) is 1.31. The van der Waals surface area contributed by atoms with Crippen molar-refractivity contribution in [3.05, 3.63) is 30.1 Å². The predicted octanol–water partition coefficient (Wildman–Crippen LogP) is 2.52. The van der Waals surface area contributed by atoms with Gasteiger partial charge in [0.15, 0.2) is 0 Å². The lowest BCUT2D eigenvalue weighted by atomic mass is 10.2. The molecule has 0 aromatic carbocycles. The van der Waals surface area contributed by atoms with Crippen LogP contribution in [0.2, 0.25) is 0 Å². The number of aryl methyl sites for hydroxylation is 1. The van der Waals surface area contributed by atoms with Gasteiger partial charge in [-0.05, 0) is 32.0 Å². The number of aromatic nitrogens is 1. The van der Waals surface area contributed by atoms with Crippen molar-refractivity contribution in [1.29, 1.82) is 0 Å². The molecule has 78 valence electrons. The lowest BCUT2D eigenvalue weighted by Crippen LogP contribution is -2.17. The van der Waals surface area contributed by atoms with Crippen molar-refractivity contribution in [2.75, 3.05) is 7.05 Å².